The average Bonchev–Trinajstić information content (AvgIpc) is 2.83. The molecule has 4 heteroatoms. The van der Waals surface area contributed by atoms with E-state index >= 15 is 0 Å². The van der Waals surface area contributed by atoms with E-state index in [1.54, 1.807) is 24.4 Å². The zero-order valence-corrected chi connectivity index (χ0v) is 11.5. The SMILES string of the molecule is CC(C)c1c(C(=O)O)ccn1Cc1ccc(C#N)cc1. The molecule has 0 radical (unpaired) electrons. The van der Waals surface area contributed by atoms with E-state index in [1.807, 2.05) is 30.5 Å². The first-order chi connectivity index (χ1) is 9.52. The number of aromatic nitrogens is 1. The topological polar surface area (TPSA) is 66.0 Å². The molecule has 4 nitrogen and oxygen atoms in total. The smallest absolute Gasteiger partial charge is 0.337 e. The van der Waals surface area contributed by atoms with E-state index in [9.17, 15) is 9.90 Å². The molecule has 0 aliphatic rings. The lowest BCUT2D eigenvalue weighted by Crippen LogP contribution is -2.09. The van der Waals surface area contributed by atoms with Crippen LogP contribution in [-0.4, -0.2) is 15.6 Å². The Morgan fingerprint density at radius 2 is 1.95 bits per heavy atom. The molecule has 2 rings (SSSR count). The maximum absolute atomic E-state index is 11.2. The van der Waals surface area contributed by atoms with Gasteiger partial charge in [0.15, 0.2) is 0 Å². The van der Waals surface area contributed by atoms with Gasteiger partial charge in [-0.05, 0) is 29.7 Å². The Morgan fingerprint density at radius 1 is 1.30 bits per heavy atom. The maximum Gasteiger partial charge on any atom is 0.337 e. The quantitative estimate of drug-likeness (QED) is 0.925. The number of nitriles is 1. The van der Waals surface area contributed by atoms with Gasteiger partial charge in [-0.15, -0.1) is 0 Å². The summed E-state index contributed by atoms with van der Waals surface area (Å²) in [5.74, 6) is -0.762. The van der Waals surface area contributed by atoms with Crippen molar-refractivity contribution in [3.8, 4) is 6.07 Å². The Morgan fingerprint density at radius 3 is 2.45 bits per heavy atom. The molecule has 0 bridgehead atoms. The normalized spacial score (nSPS) is 10.5. The van der Waals surface area contributed by atoms with Crippen molar-refractivity contribution in [2.45, 2.75) is 26.3 Å². The minimum absolute atomic E-state index is 0.134. The van der Waals surface area contributed by atoms with E-state index in [4.69, 9.17) is 5.26 Å². The second kappa shape index (κ2) is 5.62. The maximum atomic E-state index is 11.2. The van der Waals surface area contributed by atoms with Crippen LogP contribution >= 0.6 is 0 Å². The Bertz CT molecular complexity index is 661. The fourth-order valence-corrected chi connectivity index (χ4v) is 2.33. The van der Waals surface area contributed by atoms with Crippen molar-refractivity contribution in [2.75, 3.05) is 0 Å². The molecule has 1 heterocycles. The molecule has 0 amide bonds. The fraction of sp³-hybridized carbons (Fsp3) is 0.250. The van der Waals surface area contributed by atoms with Crippen molar-refractivity contribution in [3.05, 3.63) is 58.9 Å². The predicted molar refractivity (Wildman–Crippen MR) is 75.7 cm³/mol. The van der Waals surface area contributed by atoms with Crippen LogP contribution in [0.2, 0.25) is 0 Å². The molecule has 102 valence electrons. The number of benzene rings is 1. The van der Waals surface area contributed by atoms with Crippen LogP contribution in [0, 0.1) is 11.3 Å². The molecule has 0 saturated heterocycles. The Kier molecular flexibility index (Phi) is 3.90. The highest BCUT2D eigenvalue weighted by Crippen LogP contribution is 2.22. The van der Waals surface area contributed by atoms with Gasteiger partial charge in [0, 0.05) is 18.4 Å². The van der Waals surface area contributed by atoms with Crippen LogP contribution in [0.4, 0.5) is 0 Å². The lowest BCUT2D eigenvalue weighted by atomic mass is 10.1. The molecule has 1 N–H and O–H groups in total. The third-order valence-corrected chi connectivity index (χ3v) is 3.22. The number of carboxylic acid groups (broad SMARTS) is 1. The van der Waals surface area contributed by atoms with Gasteiger partial charge in [-0.1, -0.05) is 26.0 Å². The van der Waals surface area contributed by atoms with Gasteiger partial charge >= 0.3 is 5.97 Å². The molecule has 0 unspecified atom stereocenters. The molecule has 0 saturated carbocycles. The first-order valence-corrected chi connectivity index (χ1v) is 6.44. The van der Waals surface area contributed by atoms with Crippen LogP contribution < -0.4 is 0 Å². The summed E-state index contributed by atoms with van der Waals surface area (Å²) in [4.78, 5) is 11.2. The Balaban J connectivity index is 2.33. The van der Waals surface area contributed by atoms with Crippen LogP contribution in [0.15, 0.2) is 36.5 Å². The Labute approximate surface area is 117 Å². The zero-order valence-electron chi connectivity index (χ0n) is 11.5. The van der Waals surface area contributed by atoms with Crippen molar-refractivity contribution < 1.29 is 9.90 Å². The lowest BCUT2D eigenvalue weighted by molar-refractivity contribution is 0.0695. The second-order valence-electron chi connectivity index (χ2n) is 5.01. The number of hydrogen-bond acceptors (Lipinski definition) is 2. The minimum Gasteiger partial charge on any atom is -0.478 e. The van der Waals surface area contributed by atoms with Gasteiger partial charge in [0.1, 0.15) is 0 Å². The summed E-state index contributed by atoms with van der Waals surface area (Å²) in [6, 6.07) is 11.0. The molecule has 0 atom stereocenters. The van der Waals surface area contributed by atoms with E-state index in [2.05, 4.69) is 6.07 Å². The van der Waals surface area contributed by atoms with Crippen molar-refractivity contribution in [1.29, 1.82) is 5.26 Å². The van der Waals surface area contributed by atoms with Gasteiger partial charge in [0.2, 0.25) is 0 Å². The molecule has 1 aromatic heterocycles. The number of rotatable bonds is 4. The summed E-state index contributed by atoms with van der Waals surface area (Å²) < 4.78 is 1.95. The molecular weight excluding hydrogens is 252 g/mol. The third kappa shape index (κ3) is 2.72. The van der Waals surface area contributed by atoms with Gasteiger partial charge in [-0.25, -0.2) is 4.79 Å². The number of hydrogen-bond donors (Lipinski definition) is 1. The van der Waals surface area contributed by atoms with Gasteiger partial charge in [-0.2, -0.15) is 5.26 Å². The van der Waals surface area contributed by atoms with Crippen LogP contribution in [0.25, 0.3) is 0 Å². The molecule has 0 fully saturated rings. The third-order valence-electron chi connectivity index (χ3n) is 3.22. The molecule has 1 aromatic carbocycles. The number of carbonyl (C=O) groups is 1. The van der Waals surface area contributed by atoms with Gasteiger partial charge in [-0.3, -0.25) is 0 Å². The number of aromatic carboxylic acids is 1. The fourth-order valence-electron chi connectivity index (χ4n) is 2.33. The van der Waals surface area contributed by atoms with E-state index in [-0.39, 0.29) is 5.92 Å². The predicted octanol–water partition coefficient (Wildman–Crippen LogP) is 3.23. The number of nitrogens with zero attached hydrogens (tertiary/aromatic N) is 2. The summed E-state index contributed by atoms with van der Waals surface area (Å²) in [6.45, 7) is 4.57. The zero-order chi connectivity index (χ0) is 14.7. The van der Waals surface area contributed by atoms with E-state index in [0.717, 1.165) is 11.3 Å². The first-order valence-electron chi connectivity index (χ1n) is 6.44. The van der Waals surface area contributed by atoms with Crippen molar-refractivity contribution in [3.63, 3.8) is 0 Å². The molecule has 20 heavy (non-hydrogen) atoms. The Hall–Kier alpha value is -2.54. The van der Waals surface area contributed by atoms with Crippen molar-refractivity contribution >= 4 is 5.97 Å². The van der Waals surface area contributed by atoms with Crippen LogP contribution in [0.5, 0.6) is 0 Å². The molecule has 0 aliphatic heterocycles. The molecule has 0 aliphatic carbocycles. The largest absolute Gasteiger partial charge is 0.478 e. The number of carboxylic acids is 1. The molecule has 0 spiro atoms. The highest BCUT2D eigenvalue weighted by molar-refractivity contribution is 5.89. The minimum atomic E-state index is -0.896. The van der Waals surface area contributed by atoms with Gasteiger partial charge in [0.25, 0.3) is 0 Å². The van der Waals surface area contributed by atoms with E-state index in [1.165, 1.54) is 0 Å². The second-order valence-corrected chi connectivity index (χ2v) is 5.01. The van der Waals surface area contributed by atoms with Crippen LogP contribution in [0.1, 0.15) is 46.9 Å². The molecular formula is C16H16N2O2. The highest BCUT2D eigenvalue weighted by Gasteiger charge is 2.17. The summed E-state index contributed by atoms with van der Waals surface area (Å²) >= 11 is 0. The average molecular weight is 268 g/mol. The van der Waals surface area contributed by atoms with Crippen LogP contribution in [0.3, 0.4) is 0 Å². The van der Waals surface area contributed by atoms with Gasteiger partial charge in [0.05, 0.1) is 17.2 Å². The summed E-state index contributed by atoms with van der Waals surface area (Å²) in [7, 11) is 0. The molecule has 2 aromatic rings. The summed E-state index contributed by atoms with van der Waals surface area (Å²) in [6.07, 6.45) is 1.80. The standard InChI is InChI=1S/C16H16N2O2/c1-11(2)15-14(16(19)20)7-8-18(15)10-13-5-3-12(9-17)4-6-13/h3-8,11H,10H2,1-2H3,(H,19,20). The monoisotopic (exact) mass is 268 g/mol. The lowest BCUT2D eigenvalue weighted by Gasteiger charge is -2.13. The summed E-state index contributed by atoms with van der Waals surface area (Å²) in [5, 5.41) is 18.0. The van der Waals surface area contributed by atoms with E-state index in [0.29, 0.717) is 17.7 Å². The highest BCUT2D eigenvalue weighted by atomic mass is 16.4. The summed E-state index contributed by atoms with van der Waals surface area (Å²) in [5.41, 5.74) is 2.84. The van der Waals surface area contributed by atoms with Crippen molar-refractivity contribution in [1.82, 2.24) is 4.57 Å². The first kappa shape index (κ1) is 13.9. The van der Waals surface area contributed by atoms with E-state index < -0.39 is 5.97 Å². The van der Waals surface area contributed by atoms with Crippen LogP contribution in [-0.2, 0) is 6.54 Å². The van der Waals surface area contributed by atoms with Gasteiger partial charge < -0.3 is 9.67 Å². The van der Waals surface area contributed by atoms with Crippen molar-refractivity contribution in [2.24, 2.45) is 0 Å².